The molecule has 0 saturated heterocycles. The first kappa shape index (κ1) is 21.7. The van der Waals surface area contributed by atoms with Crippen LogP contribution < -0.4 is 5.56 Å². The number of thiophene rings is 1. The molecule has 3 aromatic heterocycles. The van der Waals surface area contributed by atoms with Crippen LogP contribution in [0, 0.1) is 0 Å². The molecule has 1 aliphatic heterocycles. The maximum absolute atomic E-state index is 13.4. The predicted octanol–water partition coefficient (Wildman–Crippen LogP) is 4.97. The lowest BCUT2D eigenvalue weighted by molar-refractivity contribution is -0.131. The van der Waals surface area contributed by atoms with Gasteiger partial charge in [0.2, 0.25) is 5.91 Å². The monoisotopic (exact) mass is 477 g/mol. The number of fused-ring (bicyclic) bond motifs is 2. The molecular weight excluding hydrogens is 454 g/mol. The van der Waals surface area contributed by atoms with Crippen LogP contribution in [0.15, 0.2) is 75.1 Å². The Bertz CT molecular complexity index is 1390. The second-order valence-corrected chi connectivity index (χ2v) is 10.1. The number of hydrogen-bond donors (Lipinski definition) is 0. The van der Waals surface area contributed by atoms with E-state index in [1.54, 1.807) is 23.0 Å². The normalized spacial score (nSPS) is 14.3. The quantitative estimate of drug-likeness (QED) is 0.223. The molecule has 1 aromatic carbocycles. The molecule has 0 spiro atoms. The molecule has 0 fully saturated rings. The minimum absolute atomic E-state index is 0.0523. The van der Waals surface area contributed by atoms with Gasteiger partial charge in [0, 0.05) is 30.6 Å². The Balaban J connectivity index is 1.44. The highest BCUT2D eigenvalue weighted by atomic mass is 32.2. The van der Waals surface area contributed by atoms with E-state index in [1.165, 1.54) is 34.2 Å². The van der Waals surface area contributed by atoms with E-state index < -0.39 is 0 Å². The molecular formula is C25H23N3O3S2. The topological polar surface area (TPSA) is 68.3 Å². The van der Waals surface area contributed by atoms with Crippen molar-refractivity contribution < 1.29 is 9.21 Å². The molecule has 0 unspecified atom stereocenters. The van der Waals surface area contributed by atoms with Crippen LogP contribution in [-0.4, -0.2) is 32.2 Å². The summed E-state index contributed by atoms with van der Waals surface area (Å²) in [4.78, 5) is 34.0. The third-order valence-electron chi connectivity index (χ3n) is 5.83. The van der Waals surface area contributed by atoms with Crippen LogP contribution in [0.2, 0.25) is 0 Å². The average Bonchev–Trinajstić information content (AvgIpc) is 3.50. The maximum Gasteiger partial charge on any atom is 0.263 e. The van der Waals surface area contributed by atoms with Crippen molar-refractivity contribution in [3.05, 3.63) is 82.2 Å². The molecule has 1 atom stereocenters. The maximum atomic E-state index is 13.4. The van der Waals surface area contributed by atoms with Crippen molar-refractivity contribution in [2.24, 2.45) is 0 Å². The zero-order valence-corrected chi connectivity index (χ0v) is 19.8. The summed E-state index contributed by atoms with van der Waals surface area (Å²) in [7, 11) is 0. The molecule has 4 heterocycles. The van der Waals surface area contributed by atoms with Gasteiger partial charge in [-0.2, -0.15) is 0 Å². The van der Waals surface area contributed by atoms with E-state index in [9.17, 15) is 9.59 Å². The van der Waals surface area contributed by atoms with Gasteiger partial charge < -0.3 is 9.32 Å². The second-order valence-electron chi connectivity index (χ2n) is 7.94. The predicted molar refractivity (Wildman–Crippen MR) is 133 cm³/mol. The number of carbonyl (C=O) groups excluding carboxylic acids is 1. The minimum Gasteiger partial charge on any atom is -0.464 e. The van der Waals surface area contributed by atoms with E-state index in [2.05, 4.69) is 18.7 Å². The summed E-state index contributed by atoms with van der Waals surface area (Å²) in [6.07, 6.45) is 4.12. The lowest BCUT2D eigenvalue weighted by Crippen LogP contribution is -2.40. The van der Waals surface area contributed by atoms with Crippen molar-refractivity contribution in [2.45, 2.75) is 36.8 Å². The molecule has 168 valence electrons. The summed E-state index contributed by atoms with van der Waals surface area (Å²) < 4.78 is 7.11. The van der Waals surface area contributed by atoms with Crippen LogP contribution in [0.25, 0.3) is 21.5 Å². The first-order chi connectivity index (χ1) is 16.1. The van der Waals surface area contributed by atoms with Gasteiger partial charge in [0.15, 0.2) is 5.16 Å². The molecule has 0 radical (unpaired) electrons. The fraction of sp³-hybridized carbons (Fsp3) is 0.240. The van der Waals surface area contributed by atoms with Gasteiger partial charge in [-0.25, -0.2) is 4.98 Å². The van der Waals surface area contributed by atoms with Gasteiger partial charge in [-0.1, -0.05) is 42.1 Å². The molecule has 0 aliphatic carbocycles. The van der Waals surface area contributed by atoms with Crippen LogP contribution in [0.3, 0.4) is 0 Å². The summed E-state index contributed by atoms with van der Waals surface area (Å²) in [5.41, 5.74) is 3.09. The molecule has 6 nitrogen and oxygen atoms in total. The highest BCUT2D eigenvalue weighted by molar-refractivity contribution is 8.00. The number of hydrogen-bond acceptors (Lipinski definition) is 6. The number of furan rings is 1. The summed E-state index contributed by atoms with van der Waals surface area (Å²) >= 11 is 2.73. The van der Waals surface area contributed by atoms with Crippen LogP contribution in [-0.2, 0) is 24.3 Å². The van der Waals surface area contributed by atoms with Gasteiger partial charge in [-0.05, 0) is 36.6 Å². The van der Waals surface area contributed by atoms with Gasteiger partial charge >= 0.3 is 0 Å². The largest absolute Gasteiger partial charge is 0.464 e. The Morgan fingerprint density at radius 3 is 2.88 bits per heavy atom. The minimum atomic E-state index is -0.375. The molecule has 33 heavy (non-hydrogen) atoms. The molecule has 1 aliphatic rings. The lowest BCUT2D eigenvalue weighted by Gasteiger charge is -2.30. The number of aromatic nitrogens is 2. The highest BCUT2D eigenvalue weighted by Gasteiger charge is 2.27. The summed E-state index contributed by atoms with van der Waals surface area (Å²) in [5, 5.41) is 2.58. The van der Waals surface area contributed by atoms with Crippen LogP contribution >= 0.6 is 23.1 Å². The molecule has 5 rings (SSSR count). The molecule has 0 N–H and O–H groups in total. The molecule has 4 aromatic rings. The third kappa shape index (κ3) is 4.05. The van der Waals surface area contributed by atoms with Crippen molar-refractivity contribution in [2.75, 3.05) is 6.54 Å². The highest BCUT2D eigenvalue weighted by Crippen LogP contribution is 2.33. The van der Waals surface area contributed by atoms with E-state index in [0.717, 1.165) is 12.0 Å². The van der Waals surface area contributed by atoms with E-state index in [0.29, 0.717) is 40.8 Å². The molecule has 0 saturated carbocycles. The molecule has 0 bridgehead atoms. The van der Waals surface area contributed by atoms with E-state index >= 15 is 0 Å². The fourth-order valence-corrected chi connectivity index (χ4v) is 6.12. The summed E-state index contributed by atoms with van der Waals surface area (Å²) in [6, 6.07) is 11.9. The van der Waals surface area contributed by atoms with Crippen LogP contribution in [0.5, 0.6) is 0 Å². The van der Waals surface area contributed by atoms with Crippen molar-refractivity contribution >= 4 is 39.2 Å². The zero-order valence-electron chi connectivity index (χ0n) is 18.2. The summed E-state index contributed by atoms with van der Waals surface area (Å²) in [6.45, 7) is 7.31. The first-order valence-electron chi connectivity index (χ1n) is 10.8. The third-order valence-corrected chi connectivity index (χ3v) is 7.78. The van der Waals surface area contributed by atoms with Crippen LogP contribution in [0.4, 0.5) is 0 Å². The van der Waals surface area contributed by atoms with E-state index in [4.69, 9.17) is 9.40 Å². The van der Waals surface area contributed by atoms with Crippen molar-refractivity contribution in [1.82, 2.24) is 14.5 Å². The number of benzene rings is 1. The number of thioether (sulfide) groups is 1. The first-order valence-corrected chi connectivity index (χ1v) is 12.5. The number of carbonyl (C=O) groups is 1. The Morgan fingerprint density at radius 2 is 2.12 bits per heavy atom. The fourth-order valence-electron chi connectivity index (χ4n) is 4.15. The van der Waals surface area contributed by atoms with Crippen molar-refractivity contribution in [3.8, 4) is 11.3 Å². The Labute approximate surface area is 199 Å². The Morgan fingerprint density at radius 1 is 1.30 bits per heavy atom. The number of amides is 1. The van der Waals surface area contributed by atoms with Gasteiger partial charge in [-0.15, -0.1) is 17.9 Å². The van der Waals surface area contributed by atoms with Gasteiger partial charge in [0.1, 0.15) is 10.6 Å². The molecule has 8 heteroatoms. The Kier molecular flexibility index (Phi) is 5.95. The van der Waals surface area contributed by atoms with Crippen LogP contribution in [0.1, 0.15) is 18.1 Å². The second kappa shape index (κ2) is 9.03. The van der Waals surface area contributed by atoms with Crippen molar-refractivity contribution in [3.63, 3.8) is 0 Å². The standard InChI is InChI=1S/C25H23N3O3S2/c1-3-11-28-24(30)21-19(20-9-6-13-31-20)15-32-22(21)26-25(28)33-16(2)23(29)27-12-10-17-7-4-5-8-18(17)14-27/h3-9,13,15-16H,1,10-12,14H2,2H3/t16-/m1/s1. The van der Waals surface area contributed by atoms with E-state index in [-0.39, 0.29) is 16.7 Å². The zero-order chi connectivity index (χ0) is 22.9. The van der Waals surface area contributed by atoms with Crippen molar-refractivity contribution in [1.29, 1.82) is 0 Å². The average molecular weight is 478 g/mol. The molecule has 1 amide bonds. The van der Waals surface area contributed by atoms with E-state index in [1.807, 2.05) is 35.4 Å². The number of nitrogens with zero attached hydrogens (tertiary/aromatic N) is 3. The van der Waals surface area contributed by atoms with Gasteiger partial charge in [0.25, 0.3) is 5.56 Å². The Hall–Kier alpha value is -3.10. The number of rotatable bonds is 6. The smallest absolute Gasteiger partial charge is 0.263 e. The SMILES string of the molecule is C=CCn1c(S[C@H](C)C(=O)N2CCc3ccccc3C2)nc2scc(-c3ccco3)c2c1=O. The number of allylic oxidation sites excluding steroid dienone is 1. The van der Waals surface area contributed by atoms with Gasteiger partial charge in [0.05, 0.1) is 16.9 Å². The lowest BCUT2D eigenvalue weighted by atomic mass is 10.00. The van der Waals surface area contributed by atoms with Gasteiger partial charge in [-0.3, -0.25) is 14.2 Å². The summed E-state index contributed by atoms with van der Waals surface area (Å²) in [5.74, 6) is 0.691.